The number of benzene rings is 2. The Labute approximate surface area is 191 Å². The van der Waals surface area contributed by atoms with Crippen LogP contribution in [-0.4, -0.2) is 40.7 Å². The van der Waals surface area contributed by atoms with Gasteiger partial charge in [-0.15, -0.1) is 0 Å². The van der Waals surface area contributed by atoms with Gasteiger partial charge in [0, 0.05) is 25.5 Å². The molecule has 0 aliphatic heterocycles. The fraction of sp³-hybridized carbons (Fsp3) is 0.292. The number of nitrogens with zero attached hydrogens (tertiary/aromatic N) is 4. The third-order valence-electron chi connectivity index (χ3n) is 5.38. The summed E-state index contributed by atoms with van der Waals surface area (Å²) in [5.74, 6) is 0.991. The van der Waals surface area contributed by atoms with Crippen molar-refractivity contribution in [2.75, 3.05) is 25.2 Å². The highest BCUT2D eigenvalue weighted by Gasteiger charge is 2.21. The lowest BCUT2D eigenvalue weighted by Gasteiger charge is -2.20. The summed E-state index contributed by atoms with van der Waals surface area (Å²) in [6.45, 7) is 5.34. The van der Waals surface area contributed by atoms with E-state index < -0.39 is 0 Å². The molecule has 0 saturated carbocycles. The van der Waals surface area contributed by atoms with Gasteiger partial charge >= 0.3 is 0 Å². The Kier molecular flexibility index (Phi) is 6.70. The van der Waals surface area contributed by atoms with Crippen molar-refractivity contribution in [3.63, 3.8) is 0 Å². The number of carbonyl (C=O) groups is 1. The summed E-state index contributed by atoms with van der Waals surface area (Å²) in [6, 6.07) is 11.5. The van der Waals surface area contributed by atoms with Gasteiger partial charge in [0.15, 0.2) is 23.2 Å². The van der Waals surface area contributed by atoms with E-state index in [1.54, 1.807) is 36.7 Å². The minimum absolute atomic E-state index is 0.0978. The molecule has 2 aromatic carbocycles. The van der Waals surface area contributed by atoms with Crippen molar-refractivity contribution in [1.82, 2.24) is 14.5 Å². The minimum atomic E-state index is -0.144. The topological polar surface area (TPSA) is 69.5 Å². The number of thiazole rings is 1. The number of aryl methyl sites for hydroxylation is 3. The van der Waals surface area contributed by atoms with E-state index in [0.29, 0.717) is 23.2 Å². The molecular weight excluding hydrogens is 424 g/mol. The second-order valence-electron chi connectivity index (χ2n) is 7.49. The zero-order valence-corrected chi connectivity index (χ0v) is 19.3. The van der Waals surface area contributed by atoms with Crippen LogP contribution in [-0.2, 0) is 11.3 Å². The summed E-state index contributed by atoms with van der Waals surface area (Å²) in [5.41, 5.74) is 3.27. The largest absolute Gasteiger partial charge is 0.493 e. The number of hydrogen-bond acceptors (Lipinski definition) is 6. The lowest BCUT2D eigenvalue weighted by molar-refractivity contribution is -0.120. The van der Waals surface area contributed by atoms with E-state index in [4.69, 9.17) is 14.5 Å². The maximum atomic E-state index is 13.2. The van der Waals surface area contributed by atoms with Crippen molar-refractivity contribution in [3.8, 4) is 11.5 Å². The molecule has 0 atom stereocenters. The molecular formula is C24H26N4O3S. The zero-order valence-electron chi connectivity index (χ0n) is 18.4. The average molecular weight is 451 g/mol. The van der Waals surface area contributed by atoms with Crippen molar-refractivity contribution < 1.29 is 14.3 Å². The van der Waals surface area contributed by atoms with Gasteiger partial charge in [-0.3, -0.25) is 9.69 Å². The highest BCUT2D eigenvalue weighted by atomic mass is 32.1. The Hall–Kier alpha value is -3.39. The van der Waals surface area contributed by atoms with Crippen LogP contribution in [0.2, 0.25) is 0 Å². The molecule has 0 unspecified atom stereocenters. The van der Waals surface area contributed by atoms with Crippen molar-refractivity contribution in [2.24, 2.45) is 0 Å². The van der Waals surface area contributed by atoms with Crippen molar-refractivity contribution in [3.05, 3.63) is 66.2 Å². The monoisotopic (exact) mass is 450 g/mol. The van der Waals surface area contributed by atoms with E-state index in [1.165, 1.54) is 16.9 Å². The number of amides is 1. The molecule has 7 nitrogen and oxygen atoms in total. The van der Waals surface area contributed by atoms with Crippen LogP contribution in [0.15, 0.2) is 55.1 Å². The summed E-state index contributed by atoms with van der Waals surface area (Å²) in [6.07, 6.45) is 6.22. The van der Waals surface area contributed by atoms with E-state index in [1.807, 2.05) is 22.9 Å². The summed E-state index contributed by atoms with van der Waals surface area (Å²) in [7, 11) is 1.58. The maximum absolute atomic E-state index is 13.2. The average Bonchev–Trinajstić information content (AvgIpc) is 3.48. The van der Waals surface area contributed by atoms with Gasteiger partial charge in [-0.2, -0.15) is 0 Å². The van der Waals surface area contributed by atoms with Crippen LogP contribution in [0.4, 0.5) is 5.13 Å². The van der Waals surface area contributed by atoms with Crippen molar-refractivity contribution in [1.29, 1.82) is 0 Å². The summed E-state index contributed by atoms with van der Waals surface area (Å²) >= 11 is 1.53. The zero-order chi connectivity index (χ0) is 22.5. The Morgan fingerprint density at radius 2 is 1.97 bits per heavy atom. The third kappa shape index (κ3) is 4.75. The van der Waals surface area contributed by atoms with Gasteiger partial charge in [-0.25, -0.2) is 9.97 Å². The first-order chi connectivity index (χ1) is 15.6. The highest BCUT2D eigenvalue weighted by molar-refractivity contribution is 7.22. The molecule has 0 aliphatic rings. The lowest BCUT2D eigenvalue weighted by atomic mass is 10.1. The van der Waals surface area contributed by atoms with E-state index in [-0.39, 0.29) is 12.5 Å². The Morgan fingerprint density at radius 1 is 1.16 bits per heavy atom. The van der Waals surface area contributed by atoms with E-state index >= 15 is 0 Å². The first kappa shape index (κ1) is 21.8. The maximum Gasteiger partial charge on any atom is 0.266 e. The lowest BCUT2D eigenvalue weighted by Crippen LogP contribution is -2.36. The normalized spacial score (nSPS) is 11.0. The van der Waals surface area contributed by atoms with Crippen LogP contribution in [0.1, 0.15) is 17.5 Å². The number of rotatable bonds is 9. The number of fused-ring (bicyclic) bond motifs is 1. The standard InChI is InChI=1S/C24H26N4O3S/c1-17-9-10-21-23(18(17)2)26-24(32-21)28(13-6-12-27-14-11-25-16-27)22(29)15-31-20-8-5-4-7-19(20)30-3/h4-5,7-11,14,16H,6,12-13,15H2,1-3H3. The number of imidazole rings is 1. The number of hydrogen-bond donors (Lipinski definition) is 0. The van der Waals surface area contributed by atoms with Crippen LogP contribution >= 0.6 is 11.3 Å². The Balaban J connectivity index is 1.55. The summed E-state index contributed by atoms with van der Waals surface area (Å²) < 4.78 is 14.2. The predicted molar refractivity (Wildman–Crippen MR) is 127 cm³/mol. The molecule has 4 rings (SSSR count). The minimum Gasteiger partial charge on any atom is -0.493 e. The second kappa shape index (κ2) is 9.82. The molecule has 0 aliphatic carbocycles. The molecule has 0 radical (unpaired) electrons. The Bertz CT molecular complexity index is 1200. The number of ether oxygens (including phenoxy) is 2. The number of methoxy groups -OCH3 is 1. The first-order valence-electron chi connectivity index (χ1n) is 10.5. The van der Waals surface area contributed by atoms with E-state index in [2.05, 4.69) is 31.0 Å². The summed E-state index contributed by atoms with van der Waals surface area (Å²) in [4.78, 5) is 23.9. The van der Waals surface area contributed by atoms with Gasteiger partial charge < -0.3 is 14.0 Å². The number of para-hydroxylation sites is 2. The molecule has 2 aromatic heterocycles. The van der Waals surface area contributed by atoms with Gasteiger partial charge in [0.25, 0.3) is 5.91 Å². The van der Waals surface area contributed by atoms with Gasteiger partial charge in [-0.1, -0.05) is 29.5 Å². The van der Waals surface area contributed by atoms with Crippen LogP contribution in [0.3, 0.4) is 0 Å². The highest BCUT2D eigenvalue weighted by Crippen LogP contribution is 2.32. The molecule has 0 N–H and O–H groups in total. The second-order valence-corrected chi connectivity index (χ2v) is 8.50. The Morgan fingerprint density at radius 3 is 2.72 bits per heavy atom. The number of carbonyl (C=O) groups excluding carboxylic acids is 1. The van der Waals surface area contributed by atoms with Crippen LogP contribution in [0.25, 0.3) is 10.2 Å². The molecule has 166 valence electrons. The molecule has 32 heavy (non-hydrogen) atoms. The fourth-order valence-electron chi connectivity index (χ4n) is 3.44. The quantitative estimate of drug-likeness (QED) is 0.372. The molecule has 2 heterocycles. The van der Waals surface area contributed by atoms with Crippen LogP contribution < -0.4 is 14.4 Å². The molecule has 8 heteroatoms. The van der Waals surface area contributed by atoms with Gasteiger partial charge in [0.2, 0.25) is 0 Å². The molecule has 1 amide bonds. The van der Waals surface area contributed by atoms with Gasteiger partial charge in [0.05, 0.1) is 23.7 Å². The fourth-order valence-corrected chi connectivity index (χ4v) is 4.51. The van der Waals surface area contributed by atoms with Crippen LogP contribution in [0, 0.1) is 13.8 Å². The third-order valence-corrected chi connectivity index (χ3v) is 6.43. The van der Waals surface area contributed by atoms with E-state index in [9.17, 15) is 4.79 Å². The van der Waals surface area contributed by atoms with Gasteiger partial charge in [-0.05, 0) is 49.6 Å². The van der Waals surface area contributed by atoms with Crippen LogP contribution in [0.5, 0.6) is 11.5 Å². The molecule has 0 spiro atoms. The summed E-state index contributed by atoms with van der Waals surface area (Å²) in [5, 5.41) is 0.688. The van der Waals surface area contributed by atoms with Crippen molar-refractivity contribution >= 4 is 32.6 Å². The molecule has 0 fully saturated rings. The molecule has 0 bridgehead atoms. The number of aromatic nitrogens is 3. The van der Waals surface area contributed by atoms with E-state index in [0.717, 1.165) is 28.7 Å². The van der Waals surface area contributed by atoms with Gasteiger partial charge in [0.1, 0.15) is 0 Å². The molecule has 0 saturated heterocycles. The SMILES string of the molecule is COc1ccccc1OCC(=O)N(CCCn1ccnc1)c1nc2c(C)c(C)ccc2s1. The van der Waals surface area contributed by atoms with Crippen molar-refractivity contribution in [2.45, 2.75) is 26.8 Å². The predicted octanol–water partition coefficient (Wildman–Crippen LogP) is 4.62. The molecule has 4 aromatic rings. The number of anilines is 1. The first-order valence-corrected chi connectivity index (χ1v) is 11.3. The smallest absolute Gasteiger partial charge is 0.266 e.